The van der Waals surface area contributed by atoms with E-state index in [-0.39, 0.29) is 5.82 Å². The zero-order valence-corrected chi connectivity index (χ0v) is 9.38. The van der Waals surface area contributed by atoms with Crippen molar-refractivity contribution < 1.29 is 14.3 Å². The number of aromatic nitrogens is 1. The average Bonchev–Trinajstić information content (AvgIpc) is 2.41. The number of aliphatic hydroxyl groups is 1. The van der Waals surface area contributed by atoms with Crippen LogP contribution in [0.4, 0.5) is 10.2 Å². The van der Waals surface area contributed by atoms with Crippen LogP contribution in [0, 0.1) is 5.82 Å². The van der Waals surface area contributed by atoms with Gasteiger partial charge in [-0.25, -0.2) is 9.37 Å². The van der Waals surface area contributed by atoms with Gasteiger partial charge in [0.05, 0.1) is 6.20 Å². The van der Waals surface area contributed by atoms with Gasteiger partial charge in [-0.05, 0) is 17.7 Å². The summed E-state index contributed by atoms with van der Waals surface area (Å²) >= 11 is 0. The Kier molecular flexibility index (Phi) is 3.64. The summed E-state index contributed by atoms with van der Waals surface area (Å²) in [5.74, 6) is -0.909. The van der Waals surface area contributed by atoms with Gasteiger partial charge in [-0.1, -0.05) is 30.3 Å². The molecule has 18 heavy (non-hydrogen) atoms. The Bertz CT molecular complexity index is 528. The van der Waals surface area contributed by atoms with Gasteiger partial charge in [0.15, 0.2) is 6.10 Å². The maximum Gasteiger partial charge on any atom is 0.258 e. The molecule has 0 saturated carbocycles. The number of carbonyl (C=O) groups is 1. The van der Waals surface area contributed by atoms with Crippen molar-refractivity contribution in [3.05, 3.63) is 60.0 Å². The number of amides is 1. The topological polar surface area (TPSA) is 62.2 Å². The first-order valence-electron chi connectivity index (χ1n) is 5.32. The lowest BCUT2D eigenvalue weighted by Crippen LogP contribution is -2.21. The van der Waals surface area contributed by atoms with E-state index in [1.165, 1.54) is 12.1 Å². The lowest BCUT2D eigenvalue weighted by molar-refractivity contribution is -0.124. The van der Waals surface area contributed by atoms with Crippen molar-refractivity contribution >= 4 is 11.7 Å². The Morgan fingerprint density at radius 3 is 2.56 bits per heavy atom. The number of aliphatic hydroxyl groups excluding tert-OH is 1. The third-order valence-corrected chi connectivity index (χ3v) is 2.34. The van der Waals surface area contributed by atoms with Crippen LogP contribution < -0.4 is 5.32 Å². The molecular formula is C13H11FN2O2. The molecule has 0 bridgehead atoms. The number of nitrogens with zero attached hydrogens (tertiary/aromatic N) is 1. The zero-order chi connectivity index (χ0) is 13.0. The lowest BCUT2D eigenvalue weighted by Gasteiger charge is -2.10. The van der Waals surface area contributed by atoms with Crippen molar-refractivity contribution in [1.82, 2.24) is 4.98 Å². The predicted molar refractivity (Wildman–Crippen MR) is 64.2 cm³/mol. The molecular weight excluding hydrogens is 235 g/mol. The van der Waals surface area contributed by atoms with Crippen molar-refractivity contribution in [3.63, 3.8) is 0 Å². The van der Waals surface area contributed by atoms with Crippen LogP contribution in [0.1, 0.15) is 11.7 Å². The van der Waals surface area contributed by atoms with Crippen molar-refractivity contribution in [3.8, 4) is 0 Å². The molecule has 0 radical (unpaired) electrons. The third-order valence-electron chi connectivity index (χ3n) is 2.34. The van der Waals surface area contributed by atoms with Crippen molar-refractivity contribution in [1.29, 1.82) is 0 Å². The van der Waals surface area contributed by atoms with Crippen LogP contribution in [-0.2, 0) is 4.79 Å². The van der Waals surface area contributed by atoms with Gasteiger partial charge in [0.1, 0.15) is 11.6 Å². The lowest BCUT2D eigenvalue weighted by atomic mass is 10.1. The largest absolute Gasteiger partial charge is 0.378 e. The highest BCUT2D eigenvalue weighted by Gasteiger charge is 2.17. The number of pyridine rings is 1. The summed E-state index contributed by atoms with van der Waals surface area (Å²) in [6.07, 6.45) is -0.289. The minimum absolute atomic E-state index is 0.191. The molecule has 1 heterocycles. The van der Waals surface area contributed by atoms with E-state index in [1.54, 1.807) is 30.3 Å². The molecule has 0 fully saturated rings. The molecule has 2 N–H and O–H groups in total. The van der Waals surface area contributed by atoms with Crippen molar-refractivity contribution in [2.45, 2.75) is 6.10 Å². The molecule has 1 aromatic heterocycles. The summed E-state index contributed by atoms with van der Waals surface area (Å²) in [6.45, 7) is 0. The summed E-state index contributed by atoms with van der Waals surface area (Å²) in [7, 11) is 0. The van der Waals surface area contributed by atoms with Crippen LogP contribution in [-0.4, -0.2) is 16.0 Å². The van der Waals surface area contributed by atoms with Gasteiger partial charge < -0.3 is 10.4 Å². The standard InChI is InChI=1S/C13H11FN2O2/c14-10-6-7-11(15-8-10)16-13(18)12(17)9-4-2-1-3-5-9/h1-8,12,17H,(H,15,16,18). The quantitative estimate of drug-likeness (QED) is 0.869. The fourth-order valence-corrected chi connectivity index (χ4v) is 1.43. The van der Waals surface area contributed by atoms with E-state index in [4.69, 9.17) is 0 Å². The second-order valence-corrected chi connectivity index (χ2v) is 3.66. The summed E-state index contributed by atoms with van der Waals surface area (Å²) in [4.78, 5) is 15.4. The summed E-state index contributed by atoms with van der Waals surface area (Å²) < 4.78 is 12.6. The number of hydrogen-bond donors (Lipinski definition) is 2. The number of benzene rings is 1. The number of nitrogens with one attached hydrogen (secondary N) is 1. The number of hydrogen-bond acceptors (Lipinski definition) is 3. The van der Waals surface area contributed by atoms with Gasteiger partial charge in [-0.2, -0.15) is 0 Å². The molecule has 2 aromatic rings. The summed E-state index contributed by atoms with van der Waals surface area (Å²) in [5, 5.41) is 12.2. The van der Waals surface area contributed by atoms with Crippen molar-refractivity contribution in [2.24, 2.45) is 0 Å². The van der Waals surface area contributed by atoms with E-state index >= 15 is 0 Å². The maximum atomic E-state index is 12.6. The molecule has 0 aliphatic heterocycles. The van der Waals surface area contributed by atoms with E-state index < -0.39 is 17.8 Å². The minimum atomic E-state index is -1.28. The highest BCUT2D eigenvalue weighted by molar-refractivity contribution is 5.93. The Labute approximate surface area is 103 Å². The average molecular weight is 246 g/mol. The first kappa shape index (κ1) is 12.2. The first-order valence-corrected chi connectivity index (χ1v) is 5.32. The normalized spacial score (nSPS) is 11.9. The van der Waals surface area contributed by atoms with Gasteiger partial charge in [-0.3, -0.25) is 4.79 Å². The third kappa shape index (κ3) is 2.89. The van der Waals surface area contributed by atoms with Crippen molar-refractivity contribution in [2.75, 3.05) is 5.32 Å². The number of anilines is 1. The van der Waals surface area contributed by atoms with E-state index in [0.29, 0.717) is 5.56 Å². The molecule has 1 atom stereocenters. The summed E-state index contributed by atoms with van der Waals surface area (Å²) in [6, 6.07) is 11.0. The van der Waals surface area contributed by atoms with Crippen LogP contribution >= 0.6 is 0 Å². The molecule has 92 valence electrons. The SMILES string of the molecule is O=C(Nc1ccc(F)cn1)C(O)c1ccccc1. The monoisotopic (exact) mass is 246 g/mol. The van der Waals surface area contributed by atoms with Gasteiger partial charge in [0.25, 0.3) is 5.91 Å². The Hall–Kier alpha value is -2.27. The highest BCUT2D eigenvalue weighted by Crippen LogP contribution is 2.14. The number of halogens is 1. The molecule has 0 spiro atoms. The second-order valence-electron chi connectivity index (χ2n) is 3.66. The Balaban J connectivity index is 2.06. The first-order chi connectivity index (χ1) is 8.66. The van der Waals surface area contributed by atoms with Crippen LogP contribution in [0.2, 0.25) is 0 Å². The van der Waals surface area contributed by atoms with Crippen LogP contribution in [0.15, 0.2) is 48.7 Å². The van der Waals surface area contributed by atoms with Gasteiger partial charge in [0, 0.05) is 0 Å². The molecule has 1 aromatic carbocycles. The molecule has 1 unspecified atom stereocenters. The van der Waals surface area contributed by atoms with Gasteiger partial charge >= 0.3 is 0 Å². The van der Waals surface area contributed by atoms with E-state index in [2.05, 4.69) is 10.3 Å². The molecule has 4 nitrogen and oxygen atoms in total. The molecule has 5 heteroatoms. The Morgan fingerprint density at radius 2 is 1.94 bits per heavy atom. The smallest absolute Gasteiger partial charge is 0.258 e. The summed E-state index contributed by atoms with van der Waals surface area (Å²) in [5.41, 5.74) is 0.483. The van der Waals surface area contributed by atoms with E-state index in [1.807, 2.05) is 0 Å². The molecule has 1 amide bonds. The maximum absolute atomic E-state index is 12.6. The van der Waals surface area contributed by atoms with Crippen LogP contribution in [0.25, 0.3) is 0 Å². The molecule has 0 aliphatic carbocycles. The molecule has 2 rings (SSSR count). The van der Waals surface area contributed by atoms with Gasteiger partial charge in [-0.15, -0.1) is 0 Å². The van der Waals surface area contributed by atoms with E-state index in [0.717, 1.165) is 6.20 Å². The fourth-order valence-electron chi connectivity index (χ4n) is 1.43. The van der Waals surface area contributed by atoms with Gasteiger partial charge in [0.2, 0.25) is 0 Å². The zero-order valence-electron chi connectivity index (χ0n) is 9.38. The van der Waals surface area contributed by atoms with Crippen LogP contribution in [0.3, 0.4) is 0 Å². The second kappa shape index (κ2) is 5.37. The highest BCUT2D eigenvalue weighted by atomic mass is 19.1. The van der Waals surface area contributed by atoms with Crippen LogP contribution in [0.5, 0.6) is 0 Å². The minimum Gasteiger partial charge on any atom is -0.378 e. The molecule has 0 aliphatic rings. The number of rotatable bonds is 3. The number of carbonyl (C=O) groups excluding carboxylic acids is 1. The Morgan fingerprint density at radius 1 is 1.22 bits per heavy atom. The fraction of sp³-hybridized carbons (Fsp3) is 0.0769. The predicted octanol–water partition coefficient (Wildman–Crippen LogP) is 1.89. The molecule has 0 saturated heterocycles. The van der Waals surface area contributed by atoms with E-state index in [9.17, 15) is 14.3 Å².